The molecule has 0 radical (unpaired) electrons. The van der Waals surface area contributed by atoms with Crippen LogP contribution in [0.5, 0.6) is 0 Å². The Morgan fingerprint density at radius 3 is 3.05 bits per heavy atom. The van der Waals surface area contributed by atoms with Crippen LogP contribution in [-0.2, 0) is 16.1 Å². The first kappa shape index (κ1) is 12.8. The van der Waals surface area contributed by atoms with E-state index >= 15 is 0 Å². The summed E-state index contributed by atoms with van der Waals surface area (Å²) < 4.78 is 10.5. The summed E-state index contributed by atoms with van der Waals surface area (Å²) in [6, 6.07) is 3.61. The molecule has 0 bridgehead atoms. The highest BCUT2D eigenvalue weighted by Gasteiger charge is 2.23. The van der Waals surface area contributed by atoms with Crippen LogP contribution in [0.1, 0.15) is 12.1 Å². The van der Waals surface area contributed by atoms with E-state index in [9.17, 15) is 4.79 Å². The quantitative estimate of drug-likeness (QED) is 0.910. The van der Waals surface area contributed by atoms with Crippen molar-refractivity contribution in [3.63, 3.8) is 0 Å². The van der Waals surface area contributed by atoms with E-state index in [4.69, 9.17) is 9.15 Å². The number of rotatable bonds is 4. The first-order valence-electron chi connectivity index (χ1n) is 6.54. The summed E-state index contributed by atoms with van der Waals surface area (Å²) in [6.45, 7) is 1.48. The number of hydrogen-bond donors (Lipinski definition) is 1. The third-order valence-corrected chi connectivity index (χ3v) is 3.26. The zero-order chi connectivity index (χ0) is 13.8. The Kier molecular flexibility index (Phi) is 3.73. The van der Waals surface area contributed by atoms with Crippen molar-refractivity contribution < 1.29 is 13.9 Å². The van der Waals surface area contributed by atoms with Gasteiger partial charge in [0.1, 0.15) is 5.69 Å². The number of carbonyl (C=O) groups is 1. The van der Waals surface area contributed by atoms with Crippen LogP contribution >= 0.6 is 0 Å². The van der Waals surface area contributed by atoms with Crippen molar-refractivity contribution in [2.75, 3.05) is 13.2 Å². The normalized spacial score (nSPS) is 18.1. The molecule has 1 unspecified atom stereocenters. The van der Waals surface area contributed by atoms with E-state index in [1.54, 1.807) is 24.7 Å². The summed E-state index contributed by atoms with van der Waals surface area (Å²) in [7, 11) is 0. The van der Waals surface area contributed by atoms with E-state index in [1.165, 1.54) is 0 Å². The minimum Gasteiger partial charge on any atom is -0.463 e. The third-order valence-electron chi connectivity index (χ3n) is 3.26. The van der Waals surface area contributed by atoms with Gasteiger partial charge in [-0.25, -0.2) is 4.98 Å². The molecule has 1 aliphatic heterocycles. The van der Waals surface area contributed by atoms with Crippen molar-refractivity contribution in [2.24, 2.45) is 5.92 Å². The standard InChI is InChI=1S/C14H15N3O3/c18-14(10-3-7-19-9-10)17-8-11-13(16-5-4-15-11)12-2-1-6-20-12/h1-2,4-6,10H,3,7-9H2,(H,17,18). The van der Waals surface area contributed by atoms with Crippen molar-refractivity contribution in [2.45, 2.75) is 13.0 Å². The fraction of sp³-hybridized carbons (Fsp3) is 0.357. The van der Waals surface area contributed by atoms with Crippen LogP contribution in [0.2, 0.25) is 0 Å². The average molecular weight is 273 g/mol. The molecule has 2 aromatic heterocycles. The minimum atomic E-state index is -0.0567. The molecule has 6 nitrogen and oxygen atoms in total. The lowest BCUT2D eigenvalue weighted by molar-refractivity contribution is -0.125. The number of carbonyl (C=O) groups excluding carboxylic acids is 1. The maximum absolute atomic E-state index is 12.0. The molecule has 0 saturated carbocycles. The van der Waals surface area contributed by atoms with Gasteiger partial charge in [-0.2, -0.15) is 0 Å². The van der Waals surface area contributed by atoms with Crippen LogP contribution < -0.4 is 5.32 Å². The molecule has 104 valence electrons. The van der Waals surface area contributed by atoms with Gasteiger partial charge in [0.15, 0.2) is 5.76 Å². The van der Waals surface area contributed by atoms with E-state index in [0.29, 0.717) is 36.9 Å². The van der Waals surface area contributed by atoms with Gasteiger partial charge in [0, 0.05) is 19.0 Å². The summed E-state index contributed by atoms with van der Waals surface area (Å²) in [4.78, 5) is 20.5. The lowest BCUT2D eigenvalue weighted by Gasteiger charge is -2.10. The molecule has 1 N–H and O–H groups in total. The Morgan fingerprint density at radius 1 is 1.40 bits per heavy atom. The second kappa shape index (κ2) is 5.83. The van der Waals surface area contributed by atoms with Gasteiger partial charge < -0.3 is 14.5 Å². The Bertz CT molecular complexity index is 577. The fourth-order valence-electron chi connectivity index (χ4n) is 2.17. The van der Waals surface area contributed by atoms with Gasteiger partial charge in [-0.1, -0.05) is 0 Å². The van der Waals surface area contributed by atoms with Gasteiger partial charge in [0.25, 0.3) is 0 Å². The van der Waals surface area contributed by atoms with E-state index in [1.807, 2.05) is 6.07 Å². The summed E-state index contributed by atoms with van der Waals surface area (Å²) in [5.41, 5.74) is 1.34. The Hall–Kier alpha value is -2.21. The second-order valence-corrected chi connectivity index (χ2v) is 4.61. The molecule has 1 atom stereocenters. The molecule has 1 aliphatic rings. The largest absolute Gasteiger partial charge is 0.463 e. The summed E-state index contributed by atoms with van der Waals surface area (Å²) in [6.07, 6.45) is 5.57. The number of hydrogen-bond acceptors (Lipinski definition) is 5. The highest BCUT2D eigenvalue weighted by molar-refractivity contribution is 5.79. The number of nitrogens with zero attached hydrogens (tertiary/aromatic N) is 2. The van der Waals surface area contributed by atoms with Crippen molar-refractivity contribution in [1.82, 2.24) is 15.3 Å². The Labute approximate surface area is 116 Å². The predicted molar refractivity (Wildman–Crippen MR) is 70.5 cm³/mol. The molecule has 1 amide bonds. The van der Waals surface area contributed by atoms with Gasteiger partial charge in [-0.05, 0) is 18.6 Å². The molecule has 0 aliphatic carbocycles. The second-order valence-electron chi connectivity index (χ2n) is 4.61. The predicted octanol–water partition coefficient (Wildman–Crippen LogP) is 1.39. The fourth-order valence-corrected chi connectivity index (χ4v) is 2.17. The first-order chi connectivity index (χ1) is 9.84. The van der Waals surface area contributed by atoms with E-state index in [2.05, 4.69) is 15.3 Å². The molecule has 1 saturated heterocycles. The molecular weight excluding hydrogens is 258 g/mol. The summed E-state index contributed by atoms with van der Waals surface area (Å²) in [5.74, 6) is 0.587. The van der Waals surface area contributed by atoms with Crippen molar-refractivity contribution >= 4 is 5.91 Å². The number of furan rings is 1. The summed E-state index contributed by atoms with van der Waals surface area (Å²) in [5, 5.41) is 2.88. The Balaban J connectivity index is 1.70. The molecule has 20 heavy (non-hydrogen) atoms. The number of ether oxygens (including phenoxy) is 1. The maximum Gasteiger partial charge on any atom is 0.225 e. The van der Waals surface area contributed by atoms with Crippen LogP contribution in [0.15, 0.2) is 35.2 Å². The topological polar surface area (TPSA) is 77.3 Å². The molecule has 3 heterocycles. The highest BCUT2D eigenvalue weighted by Crippen LogP contribution is 2.20. The van der Waals surface area contributed by atoms with Crippen LogP contribution in [0.25, 0.3) is 11.5 Å². The van der Waals surface area contributed by atoms with Gasteiger partial charge in [-0.15, -0.1) is 0 Å². The zero-order valence-corrected chi connectivity index (χ0v) is 10.9. The molecule has 2 aromatic rings. The summed E-state index contributed by atoms with van der Waals surface area (Å²) >= 11 is 0. The van der Waals surface area contributed by atoms with Crippen molar-refractivity contribution in [3.8, 4) is 11.5 Å². The smallest absolute Gasteiger partial charge is 0.225 e. The van der Waals surface area contributed by atoms with Crippen LogP contribution in [0.4, 0.5) is 0 Å². The molecule has 0 spiro atoms. The molecule has 1 fully saturated rings. The van der Waals surface area contributed by atoms with Gasteiger partial charge in [-0.3, -0.25) is 9.78 Å². The van der Waals surface area contributed by atoms with Crippen molar-refractivity contribution in [1.29, 1.82) is 0 Å². The van der Waals surface area contributed by atoms with Gasteiger partial charge in [0.05, 0.1) is 31.0 Å². The molecule has 3 rings (SSSR count). The lowest BCUT2D eigenvalue weighted by atomic mass is 10.1. The lowest BCUT2D eigenvalue weighted by Crippen LogP contribution is -2.31. The van der Waals surface area contributed by atoms with E-state index in [-0.39, 0.29) is 11.8 Å². The Morgan fingerprint density at radius 2 is 2.30 bits per heavy atom. The first-order valence-corrected chi connectivity index (χ1v) is 6.54. The van der Waals surface area contributed by atoms with Gasteiger partial charge >= 0.3 is 0 Å². The number of amides is 1. The molecular formula is C14H15N3O3. The van der Waals surface area contributed by atoms with Crippen LogP contribution in [0.3, 0.4) is 0 Å². The SMILES string of the molecule is O=C(NCc1nccnc1-c1ccco1)C1CCOC1. The number of aromatic nitrogens is 2. The van der Waals surface area contributed by atoms with E-state index < -0.39 is 0 Å². The highest BCUT2D eigenvalue weighted by atomic mass is 16.5. The average Bonchev–Trinajstić information content (AvgIpc) is 3.17. The van der Waals surface area contributed by atoms with Gasteiger partial charge in [0.2, 0.25) is 5.91 Å². The molecule has 0 aromatic carbocycles. The number of nitrogens with one attached hydrogen (secondary N) is 1. The maximum atomic E-state index is 12.0. The van der Waals surface area contributed by atoms with E-state index in [0.717, 1.165) is 6.42 Å². The third kappa shape index (κ3) is 2.70. The van der Waals surface area contributed by atoms with Crippen LogP contribution in [-0.4, -0.2) is 29.1 Å². The minimum absolute atomic E-state index is 0.00134. The molecule has 6 heteroatoms. The zero-order valence-electron chi connectivity index (χ0n) is 10.9. The van der Waals surface area contributed by atoms with Crippen molar-refractivity contribution in [3.05, 3.63) is 36.5 Å². The monoisotopic (exact) mass is 273 g/mol. The van der Waals surface area contributed by atoms with Crippen LogP contribution in [0, 0.1) is 5.92 Å².